The zero-order valence-corrected chi connectivity index (χ0v) is 21.3. The molecule has 3 aromatic rings. The highest BCUT2D eigenvalue weighted by molar-refractivity contribution is 5.90. The molecule has 1 saturated carbocycles. The summed E-state index contributed by atoms with van der Waals surface area (Å²) in [6, 6.07) is 13.5. The van der Waals surface area contributed by atoms with Crippen LogP contribution in [0.1, 0.15) is 25.7 Å². The van der Waals surface area contributed by atoms with Crippen molar-refractivity contribution in [3.05, 3.63) is 42.5 Å². The lowest BCUT2D eigenvalue weighted by molar-refractivity contribution is 0.243. The van der Waals surface area contributed by atoms with Crippen LogP contribution < -0.4 is 30.3 Å². The van der Waals surface area contributed by atoms with Crippen molar-refractivity contribution < 1.29 is 14.3 Å². The van der Waals surface area contributed by atoms with E-state index >= 15 is 0 Å². The van der Waals surface area contributed by atoms with E-state index in [0.29, 0.717) is 23.1 Å². The normalized spacial score (nSPS) is 17.1. The number of para-hydroxylation sites is 1. The maximum absolute atomic E-state index is 12.5. The predicted molar refractivity (Wildman–Crippen MR) is 142 cm³/mol. The Morgan fingerprint density at radius 2 is 1.63 bits per heavy atom. The van der Waals surface area contributed by atoms with Crippen LogP contribution in [-0.2, 0) is 0 Å². The zero-order chi connectivity index (χ0) is 24.1. The lowest BCUT2D eigenvalue weighted by Crippen LogP contribution is -2.42. The molecule has 0 unspecified atom stereocenters. The molecule has 3 N–H and O–H groups in total. The van der Waals surface area contributed by atoms with Crippen LogP contribution in [0.2, 0.25) is 0 Å². The summed E-state index contributed by atoms with van der Waals surface area (Å²) in [7, 11) is 7.12. The molecule has 1 heterocycles. The molecule has 0 bridgehead atoms. The topological polar surface area (TPSA) is 101 Å². The Bertz CT molecular complexity index is 1150. The summed E-state index contributed by atoms with van der Waals surface area (Å²) < 4.78 is 10.5. The number of hydrogen-bond donors (Lipinski definition) is 3. The summed E-state index contributed by atoms with van der Waals surface area (Å²) in [6.07, 6.45) is 3.61. The molecule has 0 aliphatic heterocycles. The van der Waals surface area contributed by atoms with Gasteiger partial charge in [-0.2, -0.15) is 4.98 Å². The lowest BCUT2D eigenvalue weighted by Gasteiger charge is -2.30. The quantitative estimate of drug-likeness (QED) is 0.433. The van der Waals surface area contributed by atoms with Crippen LogP contribution in [0.25, 0.3) is 10.9 Å². The Morgan fingerprint density at radius 3 is 2.31 bits per heavy atom. The molecule has 0 saturated heterocycles. The van der Waals surface area contributed by atoms with Gasteiger partial charge in [0.1, 0.15) is 5.82 Å². The zero-order valence-electron chi connectivity index (χ0n) is 20.5. The van der Waals surface area contributed by atoms with Gasteiger partial charge in [-0.05, 0) is 49.9 Å². The number of carbonyl (C=O) groups is 1. The maximum atomic E-state index is 12.5. The fraction of sp³-hybridized carbons (Fsp3) is 0.400. The van der Waals surface area contributed by atoms with Gasteiger partial charge in [0.15, 0.2) is 11.5 Å². The van der Waals surface area contributed by atoms with Crippen LogP contribution in [0.15, 0.2) is 42.5 Å². The SMILES string of the molecule is COc1ccc(NC(=O)N[C@H]2CC[C@@H](Nc3nc(N(C)C)c4ccccc4n3)CC2)cc1OC.Cl. The molecule has 4 rings (SSSR count). The number of anilines is 3. The fourth-order valence-corrected chi connectivity index (χ4v) is 4.30. The van der Waals surface area contributed by atoms with Crippen molar-refractivity contribution in [2.75, 3.05) is 43.8 Å². The summed E-state index contributed by atoms with van der Waals surface area (Å²) in [5.41, 5.74) is 1.57. The van der Waals surface area contributed by atoms with Crippen molar-refractivity contribution in [1.82, 2.24) is 15.3 Å². The Kier molecular flexibility index (Phi) is 8.81. The first kappa shape index (κ1) is 26.2. The van der Waals surface area contributed by atoms with Gasteiger partial charge < -0.3 is 30.3 Å². The van der Waals surface area contributed by atoms with Crippen LogP contribution in [0, 0.1) is 0 Å². The first-order chi connectivity index (χ1) is 16.5. The average Bonchev–Trinajstić information content (AvgIpc) is 2.84. The van der Waals surface area contributed by atoms with Crippen molar-refractivity contribution in [2.24, 2.45) is 0 Å². The number of hydrogen-bond acceptors (Lipinski definition) is 7. The monoisotopic (exact) mass is 500 g/mol. The average molecular weight is 501 g/mol. The number of methoxy groups -OCH3 is 2. The van der Waals surface area contributed by atoms with Crippen molar-refractivity contribution in [3.8, 4) is 11.5 Å². The second kappa shape index (κ2) is 11.8. The molecule has 35 heavy (non-hydrogen) atoms. The van der Waals surface area contributed by atoms with Crippen LogP contribution in [0.5, 0.6) is 11.5 Å². The van der Waals surface area contributed by atoms with E-state index in [1.165, 1.54) is 0 Å². The van der Waals surface area contributed by atoms with Crippen LogP contribution in [0.3, 0.4) is 0 Å². The Morgan fingerprint density at radius 1 is 0.943 bits per heavy atom. The van der Waals surface area contributed by atoms with Gasteiger partial charge in [0.05, 0.1) is 19.7 Å². The number of rotatable bonds is 7. The number of nitrogens with one attached hydrogen (secondary N) is 3. The van der Waals surface area contributed by atoms with E-state index in [-0.39, 0.29) is 30.5 Å². The second-order valence-corrected chi connectivity index (χ2v) is 8.64. The standard InChI is InChI=1S/C25H32N6O3.ClH/c1-31(2)23-19-7-5-6-8-20(19)29-24(30-23)26-16-9-11-17(12-10-16)27-25(32)28-18-13-14-21(33-3)22(15-18)34-4;/h5-8,13-17H,9-12H2,1-4H3,(H,26,29,30)(H2,27,28,32);1H/t16-,17+;. The molecular formula is C25H33ClN6O3. The molecule has 0 radical (unpaired) electrons. The maximum Gasteiger partial charge on any atom is 0.319 e. The van der Waals surface area contributed by atoms with E-state index in [1.54, 1.807) is 32.4 Å². The number of urea groups is 1. The molecule has 9 nitrogen and oxygen atoms in total. The number of ether oxygens (including phenoxy) is 2. The molecule has 1 fully saturated rings. The first-order valence-corrected chi connectivity index (χ1v) is 11.5. The number of amides is 2. The van der Waals surface area contributed by atoms with E-state index in [9.17, 15) is 4.79 Å². The molecule has 2 aromatic carbocycles. The third kappa shape index (κ3) is 6.36. The highest BCUT2D eigenvalue weighted by Crippen LogP contribution is 2.30. The minimum Gasteiger partial charge on any atom is -0.493 e. The van der Waals surface area contributed by atoms with Crippen molar-refractivity contribution in [3.63, 3.8) is 0 Å². The van der Waals surface area contributed by atoms with E-state index in [2.05, 4.69) is 16.0 Å². The number of halogens is 1. The van der Waals surface area contributed by atoms with Gasteiger partial charge in [-0.25, -0.2) is 9.78 Å². The van der Waals surface area contributed by atoms with Crippen LogP contribution >= 0.6 is 12.4 Å². The van der Waals surface area contributed by atoms with Gasteiger partial charge in [-0.15, -0.1) is 12.4 Å². The summed E-state index contributed by atoms with van der Waals surface area (Å²) in [5, 5.41) is 10.5. The highest BCUT2D eigenvalue weighted by atomic mass is 35.5. The van der Waals surface area contributed by atoms with E-state index in [1.807, 2.05) is 43.3 Å². The third-order valence-electron chi connectivity index (χ3n) is 6.04. The smallest absolute Gasteiger partial charge is 0.319 e. The number of nitrogens with zero attached hydrogens (tertiary/aromatic N) is 3. The van der Waals surface area contributed by atoms with Crippen molar-refractivity contribution in [1.29, 1.82) is 0 Å². The minimum absolute atomic E-state index is 0. The number of benzene rings is 2. The van der Waals surface area contributed by atoms with Gasteiger partial charge in [0.2, 0.25) is 5.95 Å². The van der Waals surface area contributed by atoms with Crippen molar-refractivity contribution in [2.45, 2.75) is 37.8 Å². The summed E-state index contributed by atoms with van der Waals surface area (Å²) in [6.45, 7) is 0. The first-order valence-electron chi connectivity index (χ1n) is 11.5. The summed E-state index contributed by atoms with van der Waals surface area (Å²) in [5.74, 6) is 2.73. The molecule has 188 valence electrons. The van der Waals surface area contributed by atoms with Gasteiger partial charge in [0.25, 0.3) is 0 Å². The van der Waals surface area contributed by atoms with E-state index in [0.717, 1.165) is 42.4 Å². The summed E-state index contributed by atoms with van der Waals surface area (Å²) >= 11 is 0. The molecule has 0 spiro atoms. The molecular weight excluding hydrogens is 468 g/mol. The lowest BCUT2D eigenvalue weighted by atomic mass is 9.91. The van der Waals surface area contributed by atoms with E-state index in [4.69, 9.17) is 19.4 Å². The molecule has 1 aromatic heterocycles. The van der Waals surface area contributed by atoms with Crippen LogP contribution in [0.4, 0.5) is 22.2 Å². The molecule has 0 atom stereocenters. The number of fused-ring (bicyclic) bond motifs is 1. The van der Waals surface area contributed by atoms with Gasteiger partial charge in [-0.3, -0.25) is 0 Å². The number of aromatic nitrogens is 2. The molecule has 1 aliphatic carbocycles. The number of carbonyl (C=O) groups excluding carboxylic acids is 1. The largest absolute Gasteiger partial charge is 0.493 e. The molecule has 1 aliphatic rings. The van der Waals surface area contributed by atoms with Gasteiger partial charge in [0, 0.05) is 43.3 Å². The van der Waals surface area contributed by atoms with Crippen LogP contribution in [-0.4, -0.2) is 56.4 Å². The molecule has 2 amide bonds. The Balaban J connectivity index is 0.00000342. The third-order valence-corrected chi connectivity index (χ3v) is 6.04. The molecule has 10 heteroatoms. The van der Waals surface area contributed by atoms with Gasteiger partial charge in [-0.1, -0.05) is 12.1 Å². The van der Waals surface area contributed by atoms with Crippen molar-refractivity contribution >= 4 is 46.8 Å². The Hall–Kier alpha value is -3.46. The fourth-order valence-electron chi connectivity index (χ4n) is 4.30. The second-order valence-electron chi connectivity index (χ2n) is 8.64. The minimum atomic E-state index is -0.225. The summed E-state index contributed by atoms with van der Waals surface area (Å²) in [4.78, 5) is 24.0. The van der Waals surface area contributed by atoms with Gasteiger partial charge >= 0.3 is 6.03 Å². The van der Waals surface area contributed by atoms with E-state index < -0.39 is 0 Å². The predicted octanol–water partition coefficient (Wildman–Crippen LogP) is 4.68. The Labute approximate surface area is 212 Å². The highest BCUT2D eigenvalue weighted by Gasteiger charge is 2.23.